The predicted octanol–water partition coefficient (Wildman–Crippen LogP) is 2.70. The second-order valence-corrected chi connectivity index (χ2v) is 11.8. The molecule has 2 aliphatic heterocycles. The number of aromatic nitrogens is 2. The monoisotopic (exact) mass is 498 g/mol. The number of sulfone groups is 1. The molecule has 0 radical (unpaired) electrons. The summed E-state index contributed by atoms with van der Waals surface area (Å²) in [5, 5.41) is 4.05. The molecule has 1 aromatic heterocycles. The van der Waals surface area contributed by atoms with Crippen molar-refractivity contribution in [1.29, 1.82) is 0 Å². The standard InChI is InChI=1S/C22H28F2N4O5S/c1-22(2,3)20-25-21(33-26-20)27-8-5-13(6-9-27)28-10-7-16(19(28)29)32-17-11-15(24)18(12-14(17)23)34(4,30)31/h11-13,16H,5-10H2,1-4H3. The maximum atomic E-state index is 14.4. The molecule has 1 atom stereocenters. The fraction of sp³-hybridized carbons (Fsp3) is 0.591. The second-order valence-electron chi connectivity index (χ2n) is 9.78. The van der Waals surface area contributed by atoms with Gasteiger partial charge in [0.2, 0.25) is 0 Å². The van der Waals surface area contributed by atoms with Crippen molar-refractivity contribution < 1.29 is 31.3 Å². The summed E-state index contributed by atoms with van der Waals surface area (Å²) in [7, 11) is -3.93. The van der Waals surface area contributed by atoms with Gasteiger partial charge in [0.05, 0.1) is 0 Å². The smallest absolute Gasteiger partial charge is 0.324 e. The van der Waals surface area contributed by atoms with Crippen LogP contribution in [0.4, 0.5) is 14.8 Å². The Bertz CT molecular complexity index is 1190. The van der Waals surface area contributed by atoms with Crippen LogP contribution >= 0.6 is 0 Å². The minimum atomic E-state index is -3.93. The molecule has 0 N–H and O–H groups in total. The number of halogens is 2. The van der Waals surface area contributed by atoms with Crippen LogP contribution in [0.5, 0.6) is 5.75 Å². The Morgan fingerprint density at radius 3 is 2.35 bits per heavy atom. The first kappa shape index (κ1) is 24.4. The Kier molecular flexibility index (Phi) is 6.30. The first-order chi connectivity index (χ1) is 15.8. The highest BCUT2D eigenvalue weighted by atomic mass is 32.2. The van der Waals surface area contributed by atoms with Crippen molar-refractivity contribution in [2.24, 2.45) is 0 Å². The number of carbonyl (C=O) groups is 1. The van der Waals surface area contributed by atoms with Crippen LogP contribution in [-0.2, 0) is 20.0 Å². The van der Waals surface area contributed by atoms with E-state index < -0.39 is 38.2 Å². The Balaban J connectivity index is 1.37. The van der Waals surface area contributed by atoms with Gasteiger partial charge in [0, 0.05) is 49.8 Å². The number of likely N-dealkylation sites (tertiary alicyclic amines) is 1. The van der Waals surface area contributed by atoms with Crippen molar-refractivity contribution in [1.82, 2.24) is 15.0 Å². The van der Waals surface area contributed by atoms with E-state index >= 15 is 0 Å². The average molecular weight is 499 g/mol. The Hall–Kier alpha value is -2.76. The van der Waals surface area contributed by atoms with Gasteiger partial charge in [-0.2, -0.15) is 4.98 Å². The largest absolute Gasteiger partial charge is 0.477 e. The summed E-state index contributed by atoms with van der Waals surface area (Å²) in [5.74, 6) is -2.29. The van der Waals surface area contributed by atoms with Crippen LogP contribution in [0.1, 0.15) is 45.9 Å². The summed E-state index contributed by atoms with van der Waals surface area (Å²) in [6, 6.07) is 1.70. The molecule has 3 heterocycles. The van der Waals surface area contributed by atoms with Gasteiger partial charge in [-0.15, -0.1) is 0 Å². The molecular weight excluding hydrogens is 470 g/mol. The third-order valence-electron chi connectivity index (χ3n) is 6.11. The highest BCUT2D eigenvalue weighted by molar-refractivity contribution is 7.90. The number of benzene rings is 1. The fourth-order valence-corrected chi connectivity index (χ4v) is 4.93. The van der Waals surface area contributed by atoms with E-state index in [2.05, 4.69) is 10.1 Å². The highest BCUT2D eigenvalue weighted by Gasteiger charge is 2.39. The third kappa shape index (κ3) is 4.86. The zero-order chi connectivity index (χ0) is 24.8. The lowest BCUT2D eigenvalue weighted by Crippen LogP contribution is -2.47. The van der Waals surface area contributed by atoms with Gasteiger partial charge in [-0.3, -0.25) is 4.79 Å². The quantitative estimate of drug-likeness (QED) is 0.620. The summed E-state index contributed by atoms with van der Waals surface area (Å²) in [5.41, 5.74) is -0.218. The Labute approximate surface area is 197 Å². The van der Waals surface area contributed by atoms with Crippen molar-refractivity contribution in [3.8, 4) is 5.75 Å². The number of carbonyl (C=O) groups excluding carboxylic acids is 1. The number of rotatable bonds is 5. The SMILES string of the molecule is CC(C)(C)c1noc(N2CCC(N3CCC(Oc4cc(F)c(S(C)(=O)=O)cc4F)C3=O)CC2)n1. The minimum absolute atomic E-state index is 0.0171. The summed E-state index contributed by atoms with van der Waals surface area (Å²) in [6.07, 6.45) is 1.54. The summed E-state index contributed by atoms with van der Waals surface area (Å²) < 4.78 is 62.5. The van der Waals surface area contributed by atoms with Crippen LogP contribution in [-0.4, -0.2) is 67.4 Å². The average Bonchev–Trinajstić information content (AvgIpc) is 3.38. The van der Waals surface area contributed by atoms with E-state index in [-0.39, 0.29) is 17.4 Å². The van der Waals surface area contributed by atoms with E-state index in [1.807, 2.05) is 25.7 Å². The minimum Gasteiger partial charge on any atom is -0.477 e. The van der Waals surface area contributed by atoms with Crippen LogP contribution in [0, 0.1) is 11.6 Å². The Morgan fingerprint density at radius 1 is 1.09 bits per heavy atom. The fourth-order valence-electron chi connectivity index (χ4n) is 4.20. The molecule has 4 rings (SSSR count). The van der Waals surface area contributed by atoms with Gasteiger partial charge in [-0.05, 0) is 18.9 Å². The molecule has 2 aromatic rings. The summed E-state index contributed by atoms with van der Waals surface area (Å²) in [4.78, 5) is 20.4. The summed E-state index contributed by atoms with van der Waals surface area (Å²) >= 11 is 0. The Morgan fingerprint density at radius 2 is 1.76 bits per heavy atom. The van der Waals surface area contributed by atoms with Crippen molar-refractivity contribution in [2.45, 2.75) is 62.5 Å². The molecule has 0 saturated carbocycles. The number of hydrogen-bond acceptors (Lipinski definition) is 8. The van der Waals surface area contributed by atoms with Gasteiger partial charge < -0.3 is 19.1 Å². The van der Waals surface area contributed by atoms with Crippen LogP contribution < -0.4 is 9.64 Å². The van der Waals surface area contributed by atoms with Gasteiger partial charge in [0.1, 0.15) is 10.7 Å². The number of anilines is 1. The summed E-state index contributed by atoms with van der Waals surface area (Å²) in [6.45, 7) is 7.73. The van der Waals surface area contributed by atoms with E-state index in [0.29, 0.717) is 62.9 Å². The molecule has 2 fully saturated rings. The van der Waals surface area contributed by atoms with Gasteiger partial charge in [0.25, 0.3) is 5.91 Å². The molecule has 1 amide bonds. The normalized spacial score (nSPS) is 20.3. The topological polar surface area (TPSA) is 106 Å². The van der Waals surface area contributed by atoms with Crippen LogP contribution in [0.3, 0.4) is 0 Å². The molecule has 12 heteroatoms. The number of piperidine rings is 1. The van der Waals surface area contributed by atoms with Crippen molar-refractivity contribution in [3.63, 3.8) is 0 Å². The van der Waals surface area contributed by atoms with Crippen LogP contribution in [0.2, 0.25) is 0 Å². The van der Waals surface area contributed by atoms with E-state index in [1.165, 1.54) is 0 Å². The first-order valence-corrected chi connectivity index (χ1v) is 13.0. The van der Waals surface area contributed by atoms with E-state index in [9.17, 15) is 22.0 Å². The number of hydrogen-bond donors (Lipinski definition) is 0. The van der Waals surface area contributed by atoms with E-state index in [0.717, 1.165) is 6.26 Å². The molecule has 2 saturated heterocycles. The maximum Gasteiger partial charge on any atom is 0.324 e. The molecule has 2 aliphatic rings. The van der Waals surface area contributed by atoms with Gasteiger partial charge in [-0.1, -0.05) is 25.9 Å². The molecule has 0 spiro atoms. The van der Waals surface area contributed by atoms with E-state index in [1.54, 1.807) is 4.90 Å². The van der Waals surface area contributed by atoms with Gasteiger partial charge in [-0.25, -0.2) is 17.2 Å². The predicted molar refractivity (Wildman–Crippen MR) is 118 cm³/mol. The molecule has 0 bridgehead atoms. The number of ether oxygens (including phenoxy) is 1. The maximum absolute atomic E-state index is 14.4. The molecule has 1 unspecified atom stereocenters. The third-order valence-corrected chi connectivity index (χ3v) is 7.22. The van der Waals surface area contributed by atoms with Crippen LogP contribution in [0.15, 0.2) is 21.6 Å². The molecule has 1 aromatic carbocycles. The highest BCUT2D eigenvalue weighted by Crippen LogP contribution is 2.30. The first-order valence-electron chi connectivity index (χ1n) is 11.1. The lowest BCUT2D eigenvalue weighted by molar-refractivity contribution is -0.135. The number of nitrogens with zero attached hydrogens (tertiary/aromatic N) is 4. The molecule has 0 aliphatic carbocycles. The van der Waals surface area contributed by atoms with Crippen LogP contribution in [0.25, 0.3) is 0 Å². The van der Waals surface area contributed by atoms with Crippen molar-refractivity contribution >= 4 is 21.8 Å². The lowest BCUT2D eigenvalue weighted by atomic mass is 9.96. The molecule has 34 heavy (non-hydrogen) atoms. The molecule has 9 nitrogen and oxygen atoms in total. The zero-order valence-corrected chi connectivity index (χ0v) is 20.4. The van der Waals surface area contributed by atoms with Crippen molar-refractivity contribution in [2.75, 3.05) is 30.8 Å². The van der Waals surface area contributed by atoms with Gasteiger partial charge in [0.15, 0.2) is 33.3 Å². The molecular formula is C22H28F2N4O5S. The second kappa shape index (κ2) is 8.79. The molecule has 186 valence electrons. The van der Waals surface area contributed by atoms with E-state index in [4.69, 9.17) is 9.26 Å². The lowest BCUT2D eigenvalue weighted by Gasteiger charge is -2.35. The van der Waals surface area contributed by atoms with Crippen molar-refractivity contribution in [3.05, 3.63) is 29.6 Å². The van der Waals surface area contributed by atoms with Gasteiger partial charge >= 0.3 is 6.01 Å². The number of amides is 1. The zero-order valence-electron chi connectivity index (χ0n) is 19.5.